The first-order valence-electron chi connectivity index (χ1n) is 6.20. The summed E-state index contributed by atoms with van der Waals surface area (Å²) in [6.45, 7) is 0. The number of hydrogen-bond acceptors (Lipinski definition) is 4. The molecule has 1 aromatic heterocycles. The van der Waals surface area contributed by atoms with E-state index < -0.39 is 21.4 Å². The highest BCUT2D eigenvalue weighted by Crippen LogP contribution is 2.36. The molecule has 0 amide bonds. The summed E-state index contributed by atoms with van der Waals surface area (Å²) in [6, 6.07) is 4.60. The van der Waals surface area contributed by atoms with Gasteiger partial charge in [-0.2, -0.15) is 21.6 Å². The molecule has 2 aromatic rings. The minimum Gasteiger partial charge on any atom is -0.374 e. The highest BCUT2D eigenvalue weighted by atomic mass is 32.2. The minimum atomic E-state index is -5.70. The highest BCUT2D eigenvalue weighted by Gasteiger charge is 2.48. The number of hydrogen-bond donors (Lipinski definition) is 0. The molecule has 8 heteroatoms. The van der Waals surface area contributed by atoms with Crippen molar-refractivity contribution in [3.63, 3.8) is 0 Å². The molecule has 0 unspecified atom stereocenters. The molecular formula is C13H10F3NO3S. The Kier molecular flexibility index (Phi) is 3.09. The molecule has 0 atom stereocenters. The minimum absolute atomic E-state index is 0.150. The number of aryl methyl sites for hydroxylation is 2. The van der Waals surface area contributed by atoms with Crippen LogP contribution < -0.4 is 4.18 Å². The lowest BCUT2D eigenvalue weighted by Crippen LogP contribution is -2.28. The van der Waals surface area contributed by atoms with Crippen LogP contribution >= 0.6 is 0 Å². The van der Waals surface area contributed by atoms with E-state index >= 15 is 0 Å². The predicted octanol–water partition coefficient (Wildman–Crippen LogP) is 2.95. The lowest BCUT2D eigenvalue weighted by Gasteiger charge is -2.18. The van der Waals surface area contributed by atoms with Gasteiger partial charge in [0.25, 0.3) is 0 Å². The molecule has 1 aliphatic rings. The molecule has 4 nitrogen and oxygen atoms in total. The summed E-state index contributed by atoms with van der Waals surface area (Å²) in [5.41, 5.74) is -3.43. The van der Waals surface area contributed by atoms with Crippen LogP contribution in [0.2, 0.25) is 0 Å². The van der Waals surface area contributed by atoms with Crippen molar-refractivity contribution in [1.29, 1.82) is 0 Å². The molecule has 0 aliphatic heterocycles. The Morgan fingerprint density at radius 2 is 1.76 bits per heavy atom. The fourth-order valence-corrected chi connectivity index (χ4v) is 2.97. The van der Waals surface area contributed by atoms with E-state index in [0.717, 1.165) is 30.4 Å². The maximum Gasteiger partial charge on any atom is 0.534 e. The van der Waals surface area contributed by atoms with Gasteiger partial charge in [-0.3, -0.25) is 4.98 Å². The van der Waals surface area contributed by atoms with Crippen molar-refractivity contribution < 1.29 is 25.8 Å². The van der Waals surface area contributed by atoms with Crippen LogP contribution in [-0.4, -0.2) is 18.9 Å². The zero-order valence-corrected chi connectivity index (χ0v) is 11.5. The Morgan fingerprint density at radius 1 is 1.10 bits per heavy atom. The number of aromatic nitrogens is 1. The van der Waals surface area contributed by atoms with Gasteiger partial charge in [0.1, 0.15) is 5.52 Å². The van der Waals surface area contributed by atoms with Gasteiger partial charge >= 0.3 is 15.6 Å². The van der Waals surface area contributed by atoms with Gasteiger partial charge in [0.05, 0.1) is 0 Å². The van der Waals surface area contributed by atoms with Crippen molar-refractivity contribution in [2.24, 2.45) is 0 Å². The first kappa shape index (κ1) is 14.1. The molecule has 0 saturated carbocycles. The van der Waals surface area contributed by atoms with E-state index in [1.54, 1.807) is 12.1 Å². The maximum atomic E-state index is 12.4. The van der Waals surface area contributed by atoms with Crippen molar-refractivity contribution in [3.05, 3.63) is 35.5 Å². The second kappa shape index (κ2) is 4.59. The van der Waals surface area contributed by atoms with E-state index in [2.05, 4.69) is 9.17 Å². The standard InChI is InChI=1S/C13H10F3NO3S/c14-13(15,16)21(18,19)20-10-5-4-8-2-1-3-9-6-7-17-12(10)11(8)9/h4-7H,1-3H2. The van der Waals surface area contributed by atoms with Crippen molar-refractivity contribution in [1.82, 2.24) is 4.98 Å². The Hall–Kier alpha value is -1.83. The third-order valence-electron chi connectivity index (χ3n) is 3.40. The van der Waals surface area contributed by atoms with E-state index in [-0.39, 0.29) is 5.52 Å². The molecule has 3 rings (SSSR count). The Balaban J connectivity index is 2.17. The Labute approximate surface area is 118 Å². The van der Waals surface area contributed by atoms with E-state index in [4.69, 9.17) is 0 Å². The van der Waals surface area contributed by atoms with Crippen LogP contribution in [0.15, 0.2) is 24.4 Å². The topological polar surface area (TPSA) is 56.3 Å². The normalized spacial score (nSPS) is 15.2. The van der Waals surface area contributed by atoms with Crippen LogP contribution in [0.5, 0.6) is 5.75 Å². The first-order chi connectivity index (χ1) is 9.79. The molecule has 0 saturated heterocycles. The fraction of sp³-hybridized carbons (Fsp3) is 0.308. The van der Waals surface area contributed by atoms with Crippen molar-refractivity contribution in [2.75, 3.05) is 0 Å². The Bertz CT molecular complexity index is 805. The second-order valence-electron chi connectivity index (χ2n) is 4.75. The molecule has 0 N–H and O–H groups in total. The quantitative estimate of drug-likeness (QED) is 0.631. The molecule has 1 aromatic carbocycles. The van der Waals surface area contributed by atoms with Crippen LogP contribution in [0.4, 0.5) is 13.2 Å². The van der Waals surface area contributed by atoms with Crippen LogP contribution in [0.3, 0.4) is 0 Å². The van der Waals surface area contributed by atoms with Gasteiger partial charge in [-0.15, -0.1) is 0 Å². The zero-order chi connectivity index (χ0) is 15.3. The van der Waals surface area contributed by atoms with Crippen LogP contribution in [0.25, 0.3) is 10.9 Å². The van der Waals surface area contributed by atoms with Crippen LogP contribution in [-0.2, 0) is 23.0 Å². The monoisotopic (exact) mass is 317 g/mol. The average molecular weight is 317 g/mol. The zero-order valence-electron chi connectivity index (χ0n) is 10.6. The van der Waals surface area contributed by atoms with E-state index in [0.29, 0.717) is 5.39 Å². The molecule has 21 heavy (non-hydrogen) atoms. The van der Waals surface area contributed by atoms with Gasteiger partial charge in [0.2, 0.25) is 0 Å². The van der Waals surface area contributed by atoms with E-state index in [1.807, 2.05) is 0 Å². The van der Waals surface area contributed by atoms with Crippen molar-refractivity contribution >= 4 is 21.0 Å². The third kappa shape index (κ3) is 2.33. The molecule has 0 fully saturated rings. The third-order valence-corrected chi connectivity index (χ3v) is 4.37. The molecule has 1 aliphatic carbocycles. The maximum absolute atomic E-state index is 12.4. The van der Waals surface area contributed by atoms with Gasteiger partial charge in [-0.05, 0) is 42.5 Å². The van der Waals surface area contributed by atoms with Gasteiger partial charge < -0.3 is 4.18 Å². The molecule has 0 spiro atoms. The molecule has 112 valence electrons. The fourth-order valence-electron chi connectivity index (χ4n) is 2.50. The number of alkyl halides is 3. The van der Waals surface area contributed by atoms with Crippen LogP contribution in [0.1, 0.15) is 17.5 Å². The van der Waals surface area contributed by atoms with Gasteiger partial charge in [-0.1, -0.05) is 6.07 Å². The van der Waals surface area contributed by atoms with Gasteiger partial charge in [0.15, 0.2) is 5.75 Å². The molecule has 0 radical (unpaired) electrons. The highest BCUT2D eigenvalue weighted by molar-refractivity contribution is 7.88. The van der Waals surface area contributed by atoms with Crippen molar-refractivity contribution in [3.8, 4) is 5.75 Å². The smallest absolute Gasteiger partial charge is 0.374 e. The SMILES string of the molecule is O=S(=O)(Oc1ccc2c3c(ccnc13)CCC2)C(F)(F)F. The summed E-state index contributed by atoms with van der Waals surface area (Å²) in [5, 5.41) is 0.693. The summed E-state index contributed by atoms with van der Waals surface area (Å²) in [4.78, 5) is 3.99. The number of nitrogens with zero attached hydrogens (tertiary/aromatic N) is 1. The average Bonchev–Trinajstić information content (AvgIpc) is 2.41. The lowest BCUT2D eigenvalue weighted by molar-refractivity contribution is -0.0499. The second-order valence-corrected chi connectivity index (χ2v) is 6.29. The summed E-state index contributed by atoms with van der Waals surface area (Å²) < 4.78 is 63.8. The molecular weight excluding hydrogens is 307 g/mol. The summed E-state index contributed by atoms with van der Waals surface area (Å²) in [5.74, 6) is -0.394. The largest absolute Gasteiger partial charge is 0.534 e. The van der Waals surface area contributed by atoms with Crippen molar-refractivity contribution in [2.45, 2.75) is 24.8 Å². The number of halogens is 3. The number of pyridine rings is 1. The van der Waals surface area contributed by atoms with Gasteiger partial charge in [-0.25, -0.2) is 0 Å². The van der Waals surface area contributed by atoms with E-state index in [9.17, 15) is 21.6 Å². The van der Waals surface area contributed by atoms with E-state index in [1.165, 1.54) is 12.3 Å². The Morgan fingerprint density at radius 3 is 2.43 bits per heavy atom. The lowest BCUT2D eigenvalue weighted by atomic mass is 9.90. The molecule has 1 heterocycles. The van der Waals surface area contributed by atoms with Gasteiger partial charge in [0, 0.05) is 11.6 Å². The summed E-state index contributed by atoms with van der Waals surface area (Å²) in [6.07, 6.45) is 3.94. The predicted molar refractivity (Wildman–Crippen MR) is 69.4 cm³/mol. The number of benzene rings is 1. The molecule has 0 bridgehead atoms. The van der Waals surface area contributed by atoms with Crippen LogP contribution in [0, 0.1) is 0 Å². The summed E-state index contributed by atoms with van der Waals surface area (Å²) in [7, 11) is -5.70. The first-order valence-corrected chi connectivity index (χ1v) is 7.61. The summed E-state index contributed by atoms with van der Waals surface area (Å²) >= 11 is 0. The number of rotatable bonds is 2.